The summed E-state index contributed by atoms with van der Waals surface area (Å²) >= 11 is 0. The molecule has 0 aromatic carbocycles. The molecule has 0 aromatic rings. The molecule has 1 saturated carbocycles. The lowest BCUT2D eigenvalue weighted by Gasteiger charge is -2.49. The van der Waals surface area contributed by atoms with E-state index in [1.54, 1.807) is 0 Å². The van der Waals surface area contributed by atoms with Crippen molar-refractivity contribution in [3.8, 4) is 0 Å². The maximum atomic E-state index is 5.73. The minimum atomic E-state index is 0.748. The first-order chi connectivity index (χ1) is 7.25. The minimum Gasteiger partial charge on any atom is -0.378 e. The predicted molar refractivity (Wildman–Crippen MR) is 60.8 cm³/mol. The Kier molecular flexibility index (Phi) is 2.52. The monoisotopic (exact) mass is 209 g/mol. The Morgan fingerprint density at radius 1 is 1.00 bits per heavy atom. The Labute approximate surface area is 93.0 Å². The zero-order chi connectivity index (χ0) is 10.4. The third-order valence-electron chi connectivity index (χ3n) is 4.52. The highest BCUT2D eigenvalue weighted by atomic mass is 16.5. The lowest BCUT2D eigenvalue weighted by atomic mass is 9.78. The van der Waals surface area contributed by atoms with E-state index in [0.717, 1.165) is 43.2 Å². The first-order valence-electron chi connectivity index (χ1n) is 6.61. The van der Waals surface area contributed by atoms with Crippen molar-refractivity contribution in [2.75, 3.05) is 13.2 Å². The summed E-state index contributed by atoms with van der Waals surface area (Å²) in [6, 6.07) is 2.42. The van der Waals surface area contributed by atoms with Crippen molar-refractivity contribution < 1.29 is 4.74 Å². The van der Waals surface area contributed by atoms with Crippen LogP contribution in [0.15, 0.2) is 0 Å². The van der Waals surface area contributed by atoms with Gasteiger partial charge in [0, 0.05) is 18.1 Å². The van der Waals surface area contributed by atoms with Gasteiger partial charge in [-0.1, -0.05) is 13.8 Å². The smallest absolute Gasteiger partial charge is 0.0622 e. The second kappa shape index (κ2) is 3.74. The molecule has 0 aromatic heterocycles. The first kappa shape index (κ1) is 10.1. The Bertz CT molecular complexity index is 223. The summed E-state index contributed by atoms with van der Waals surface area (Å²) in [4.78, 5) is 2.81. The highest BCUT2D eigenvalue weighted by Crippen LogP contribution is 2.41. The van der Waals surface area contributed by atoms with Crippen LogP contribution in [0.4, 0.5) is 0 Å². The topological polar surface area (TPSA) is 12.5 Å². The van der Waals surface area contributed by atoms with E-state index < -0.39 is 0 Å². The highest BCUT2D eigenvalue weighted by molar-refractivity contribution is 4.99. The Hall–Kier alpha value is -0.0800. The fourth-order valence-electron chi connectivity index (χ4n) is 3.50. The lowest BCUT2D eigenvalue weighted by Crippen LogP contribution is -2.58. The van der Waals surface area contributed by atoms with Gasteiger partial charge in [-0.25, -0.2) is 0 Å². The summed E-state index contributed by atoms with van der Waals surface area (Å²) in [5.74, 6) is 1.80. The van der Waals surface area contributed by atoms with Crippen molar-refractivity contribution in [1.29, 1.82) is 0 Å². The zero-order valence-electron chi connectivity index (χ0n) is 9.98. The molecule has 86 valence electrons. The zero-order valence-corrected chi connectivity index (χ0v) is 9.98. The Balaban J connectivity index is 1.73. The van der Waals surface area contributed by atoms with Crippen LogP contribution in [0.25, 0.3) is 0 Å². The fourth-order valence-corrected chi connectivity index (χ4v) is 3.50. The SMILES string of the molecule is CC(C)C1CC2COCC(C1)N2C1CC1. The van der Waals surface area contributed by atoms with Crippen molar-refractivity contribution in [2.45, 2.75) is 57.7 Å². The average Bonchev–Trinajstić information content (AvgIpc) is 2.98. The molecule has 2 nitrogen and oxygen atoms in total. The van der Waals surface area contributed by atoms with Crippen molar-refractivity contribution >= 4 is 0 Å². The maximum absolute atomic E-state index is 5.73. The molecule has 0 spiro atoms. The summed E-state index contributed by atoms with van der Waals surface area (Å²) in [7, 11) is 0. The molecule has 2 saturated heterocycles. The largest absolute Gasteiger partial charge is 0.378 e. The molecule has 3 rings (SSSR count). The third kappa shape index (κ3) is 1.83. The maximum Gasteiger partial charge on any atom is 0.0622 e. The lowest BCUT2D eigenvalue weighted by molar-refractivity contribution is -0.0969. The highest BCUT2D eigenvalue weighted by Gasteiger charge is 2.45. The van der Waals surface area contributed by atoms with Crippen molar-refractivity contribution in [3.63, 3.8) is 0 Å². The molecule has 2 heteroatoms. The standard InChI is InChI=1S/C13H23NO/c1-9(2)10-5-12-7-15-8-13(6-10)14(12)11-3-4-11/h9-13H,3-8H2,1-2H3. The van der Waals surface area contributed by atoms with Crippen LogP contribution in [0.2, 0.25) is 0 Å². The van der Waals surface area contributed by atoms with Gasteiger partial charge in [-0.15, -0.1) is 0 Å². The molecule has 2 heterocycles. The van der Waals surface area contributed by atoms with Crippen LogP contribution in [0, 0.1) is 11.8 Å². The molecule has 0 N–H and O–H groups in total. The van der Waals surface area contributed by atoms with Gasteiger partial charge in [-0.3, -0.25) is 4.90 Å². The van der Waals surface area contributed by atoms with Crippen LogP contribution in [0.5, 0.6) is 0 Å². The van der Waals surface area contributed by atoms with Crippen LogP contribution in [0.3, 0.4) is 0 Å². The van der Waals surface area contributed by atoms with Crippen LogP contribution in [0.1, 0.15) is 39.5 Å². The molecule has 3 aliphatic rings. The van der Waals surface area contributed by atoms with E-state index in [-0.39, 0.29) is 0 Å². The molecule has 2 unspecified atom stereocenters. The van der Waals surface area contributed by atoms with E-state index in [2.05, 4.69) is 18.7 Å². The van der Waals surface area contributed by atoms with Crippen LogP contribution < -0.4 is 0 Å². The second-order valence-corrected chi connectivity index (χ2v) is 6.00. The molecule has 3 fully saturated rings. The van der Waals surface area contributed by atoms with E-state index in [4.69, 9.17) is 4.74 Å². The quantitative estimate of drug-likeness (QED) is 0.692. The molecule has 15 heavy (non-hydrogen) atoms. The normalized spacial score (nSPS) is 42.2. The van der Waals surface area contributed by atoms with Gasteiger partial charge in [0.25, 0.3) is 0 Å². The van der Waals surface area contributed by atoms with Gasteiger partial charge in [0.15, 0.2) is 0 Å². The van der Waals surface area contributed by atoms with Gasteiger partial charge >= 0.3 is 0 Å². The van der Waals surface area contributed by atoms with Gasteiger partial charge in [0.1, 0.15) is 0 Å². The fraction of sp³-hybridized carbons (Fsp3) is 1.00. The van der Waals surface area contributed by atoms with Crippen molar-refractivity contribution in [1.82, 2.24) is 4.90 Å². The third-order valence-corrected chi connectivity index (χ3v) is 4.52. The predicted octanol–water partition coefficient (Wildman–Crippen LogP) is 2.28. The molecule has 2 bridgehead atoms. The summed E-state index contributed by atoms with van der Waals surface area (Å²) in [5.41, 5.74) is 0. The molecule has 2 atom stereocenters. The number of rotatable bonds is 2. The summed E-state index contributed by atoms with van der Waals surface area (Å²) in [6.07, 6.45) is 5.65. The summed E-state index contributed by atoms with van der Waals surface area (Å²) < 4.78 is 5.73. The van der Waals surface area contributed by atoms with Crippen LogP contribution in [-0.2, 0) is 4.74 Å². The molecule has 0 radical (unpaired) electrons. The van der Waals surface area contributed by atoms with Gasteiger partial charge in [-0.05, 0) is 37.5 Å². The van der Waals surface area contributed by atoms with Gasteiger partial charge in [0.2, 0.25) is 0 Å². The van der Waals surface area contributed by atoms with Crippen LogP contribution >= 0.6 is 0 Å². The van der Waals surface area contributed by atoms with E-state index in [1.165, 1.54) is 25.7 Å². The number of piperidine rings is 1. The van der Waals surface area contributed by atoms with Crippen molar-refractivity contribution in [2.24, 2.45) is 11.8 Å². The van der Waals surface area contributed by atoms with E-state index in [9.17, 15) is 0 Å². The Morgan fingerprint density at radius 2 is 1.60 bits per heavy atom. The number of ether oxygens (including phenoxy) is 1. The number of nitrogens with zero attached hydrogens (tertiary/aromatic N) is 1. The van der Waals surface area contributed by atoms with Gasteiger partial charge < -0.3 is 4.74 Å². The summed E-state index contributed by atoms with van der Waals surface area (Å²) in [6.45, 7) is 6.76. The Morgan fingerprint density at radius 3 is 2.07 bits per heavy atom. The first-order valence-corrected chi connectivity index (χ1v) is 6.61. The number of fused-ring (bicyclic) bond motifs is 2. The summed E-state index contributed by atoms with van der Waals surface area (Å²) in [5, 5.41) is 0. The number of hydrogen-bond acceptors (Lipinski definition) is 2. The van der Waals surface area contributed by atoms with Gasteiger partial charge in [0.05, 0.1) is 13.2 Å². The minimum absolute atomic E-state index is 0.748. The van der Waals surface area contributed by atoms with Gasteiger partial charge in [-0.2, -0.15) is 0 Å². The molecule has 1 aliphatic carbocycles. The van der Waals surface area contributed by atoms with Crippen LogP contribution in [-0.4, -0.2) is 36.2 Å². The molecular weight excluding hydrogens is 186 g/mol. The number of morpholine rings is 1. The van der Waals surface area contributed by atoms with E-state index in [0.29, 0.717) is 0 Å². The second-order valence-electron chi connectivity index (χ2n) is 6.00. The number of hydrogen-bond donors (Lipinski definition) is 0. The molecule has 2 aliphatic heterocycles. The molecule has 0 amide bonds. The van der Waals surface area contributed by atoms with E-state index >= 15 is 0 Å². The van der Waals surface area contributed by atoms with Crippen molar-refractivity contribution in [3.05, 3.63) is 0 Å². The molecular formula is C13H23NO. The average molecular weight is 209 g/mol. The van der Waals surface area contributed by atoms with E-state index in [1.807, 2.05) is 0 Å².